The third kappa shape index (κ3) is 7.33. The highest BCUT2D eigenvalue weighted by molar-refractivity contribution is 6.00. The summed E-state index contributed by atoms with van der Waals surface area (Å²) in [7, 11) is 1.40. The molecule has 1 aromatic rings. The Hall–Kier alpha value is -2.69. The molecule has 5 heteroatoms. The molecule has 1 unspecified atom stereocenters. The maximum Gasteiger partial charge on any atom is 0.306 e. The van der Waals surface area contributed by atoms with E-state index in [1.54, 1.807) is 6.92 Å². The lowest BCUT2D eigenvalue weighted by molar-refractivity contribution is -0.147. The number of benzene rings is 1. The highest BCUT2D eigenvalue weighted by Crippen LogP contribution is 2.31. The number of allylic oxidation sites excluding steroid dienone is 1. The molecule has 0 amide bonds. The van der Waals surface area contributed by atoms with E-state index in [1.807, 2.05) is 42.5 Å². The quantitative estimate of drug-likeness (QED) is 0.395. The topological polar surface area (TPSA) is 69.7 Å². The third-order valence-corrected chi connectivity index (χ3v) is 5.01. The normalized spacial score (nSPS) is 16.5. The Morgan fingerprint density at radius 2 is 1.76 bits per heavy atom. The minimum absolute atomic E-state index is 0.0566. The molecule has 0 spiro atoms. The summed E-state index contributed by atoms with van der Waals surface area (Å²) in [6.45, 7) is 1.75. The van der Waals surface area contributed by atoms with Crippen LogP contribution in [0, 0.1) is 0 Å². The van der Waals surface area contributed by atoms with Gasteiger partial charge in [-0.15, -0.1) is 0 Å². The van der Waals surface area contributed by atoms with Gasteiger partial charge in [0.05, 0.1) is 13.5 Å². The molecule has 5 nitrogen and oxygen atoms in total. The summed E-state index contributed by atoms with van der Waals surface area (Å²) in [4.78, 5) is 35.5. The van der Waals surface area contributed by atoms with Crippen LogP contribution in [0.3, 0.4) is 0 Å². The van der Waals surface area contributed by atoms with Gasteiger partial charge in [0.25, 0.3) is 0 Å². The first-order valence-corrected chi connectivity index (χ1v) is 10.3. The second kappa shape index (κ2) is 12.0. The van der Waals surface area contributed by atoms with Crippen molar-refractivity contribution < 1.29 is 23.9 Å². The summed E-state index contributed by atoms with van der Waals surface area (Å²) in [6.07, 6.45) is 8.47. The number of rotatable bonds is 11. The molecule has 2 rings (SSSR count). The SMILES string of the molecule is CCC(=O)OC1CC(=O)C(CCCCCCC(=O)OC)=C1C=Cc1ccccc1. The van der Waals surface area contributed by atoms with Gasteiger partial charge in [0.1, 0.15) is 6.10 Å². The van der Waals surface area contributed by atoms with E-state index in [2.05, 4.69) is 4.74 Å². The van der Waals surface area contributed by atoms with Gasteiger partial charge in [-0.3, -0.25) is 14.4 Å². The minimum atomic E-state index is -0.496. The van der Waals surface area contributed by atoms with E-state index in [1.165, 1.54) is 7.11 Å². The number of methoxy groups -OCH3 is 1. The number of carbonyl (C=O) groups is 3. The molecule has 0 aliphatic heterocycles. The van der Waals surface area contributed by atoms with Crippen molar-refractivity contribution in [1.82, 2.24) is 0 Å². The molecule has 29 heavy (non-hydrogen) atoms. The van der Waals surface area contributed by atoms with Crippen molar-refractivity contribution in [2.45, 2.75) is 64.4 Å². The van der Waals surface area contributed by atoms with Gasteiger partial charge in [-0.1, -0.05) is 62.2 Å². The van der Waals surface area contributed by atoms with Crippen molar-refractivity contribution in [3.8, 4) is 0 Å². The van der Waals surface area contributed by atoms with Crippen LogP contribution in [-0.2, 0) is 23.9 Å². The Bertz CT molecular complexity index is 761. The number of ether oxygens (including phenoxy) is 2. The Morgan fingerprint density at radius 1 is 1.03 bits per heavy atom. The zero-order valence-electron chi connectivity index (χ0n) is 17.3. The van der Waals surface area contributed by atoms with Crippen LogP contribution >= 0.6 is 0 Å². The lowest BCUT2D eigenvalue weighted by atomic mass is 10.0. The van der Waals surface area contributed by atoms with Crippen LogP contribution < -0.4 is 0 Å². The van der Waals surface area contributed by atoms with Crippen LogP contribution in [0.1, 0.15) is 63.9 Å². The lowest BCUT2D eigenvalue weighted by Crippen LogP contribution is -2.17. The summed E-state index contributed by atoms with van der Waals surface area (Å²) in [6, 6.07) is 9.84. The van der Waals surface area contributed by atoms with E-state index < -0.39 is 6.10 Å². The van der Waals surface area contributed by atoms with Crippen LogP contribution in [0.5, 0.6) is 0 Å². The molecule has 0 fully saturated rings. The summed E-state index contributed by atoms with van der Waals surface area (Å²) in [5.74, 6) is -0.425. The van der Waals surface area contributed by atoms with Crippen molar-refractivity contribution in [1.29, 1.82) is 0 Å². The van der Waals surface area contributed by atoms with E-state index in [9.17, 15) is 14.4 Å². The van der Waals surface area contributed by atoms with Crippen LogP contribution in [-0.4, -0.2) is 30.9 Å². The molecule has 1 atom stereocenters. The number of ketones is 1. The smallest absolute Gasteiger partial charge is 0.306 e. The summed E-state index contributed by atoms with van der Waals surface area (Å²) in [5.41, 5.74) is 2.61. The number of Topliss-reactive ketones (excluding diaryl/α,β-unsaturated/α-hetero) is 1. The van der Waals surface area contributed by atoms with Gasteiger partial charge in [0.2, 0.25) is 0 Å². The predicted octanol–water partition coefficient (Wildman–Crippen LogP) is 4.80. The molecular formula is C24H30O5. The maximum absolute atomic E-state index is 12.6. The number of hydrogen-bond acceptors (Lipinski definition) is 5. The first kappa shape index (κ1) is 22.6. The van der Waals surface area contributed by atoms with Crippen molar-refractivity contribution in [3.63, 3.8) is 0 Å². The van der Waals surface area contributed by atoms with E-state index >= 15 is 0 Å². The van der Waals surface area contributed by atoms with Gasteiger partial charge in [0.15, 0.2) is 5.78 Å². The molecule has 1 aromatic carbocycles. The van der Waals surface area contributed by atoms with Gasteiger partial charge in [-0.25, -0.2) is 0 Å². The van der Waals surface area contributed by atoms with Crippen molar-refractivity contribution in [2.75, 3.05) is 7.11 Å². The fraction of sp³-hybridized carbons (Fsp3) is 0.458. The Balaban J connectivity index is 2.04. The first-order valence-electron chi connectivity index (χ1n) is 10.3. The zero-order chi connectivity index (χ0) is 21.1. The second-order valence-electron chi connectivity index (χ2n) is 7.13. The molecule has 0 N–H and O–H groups in total. The third-order valence-electron chi connectivity index (χ3n) is 5.01. The maximum atomic E-state index is 12.6. The standard InChI is InChI=1S/C24H30O5/c1-3-23(26)29-22-17-21(25)19(13-9-4-5-10-14-24(27)28-2)20(22)16-15-18-11-7-6-8-12-18/h6-8,11-12,15-16,22H,3-5,9-10,13-14,17H2,1-2H3. The number of carbonyl (C=O) groups excluding carboxylic acids is 3. The van der Waals surface area contributed by atoms with Crippen LogP contribution in [0.25, 0.3) is 6.08 Å². The Kier molecular flexibility index (Phi) is 9.35. The molecule has 0 aromatic heterocycles. The number of hydrogen-bond donors (Lipinski definition) is 0. The zero-order valence-corrected chi connectivity index (χ0v) is 17.3. The molecule has 0 radical (unpaired) electrons. The Labute approximate surface area is 172 Å². The number of esters is 2. The van der Waals surface area contributed by atoms with Crippen molar-refractivity contribution in [3.05, 3.63) is 53.1 Å². The van der Waals surface area contributed by atoms with E-state index in [0.717, 1.165) is 42.4 Å². The molecule has 156 valence electrons. The molecule has 0 saturated heterocycles. The summed E-state index contributed by atoms with van der Waals surface area (Å²) in [5, 5.41) is 0. The van der Waals surface area contributed by atoms with Gasteiger partial charge < -0.3 is 9.47 Å². The minimum Gasteiger partial charge on any atom is -0.469 e. The van der Waals surface area contributed by atoms with Crippen LogP contribution in [0.2, 0.25) is 0 Å². The molecule has 1 aliphatic carbocycles. The molecule has 1 aliphatic rings. The average Bonchev–Trinajstić information content (AvgIpc) is 3.03. The van der Waals surface area contributed by atoms with Gasteiger partial charge in [-0.2, -0.15) is 0 Å². The van der Waals surface area contributed by atoms with E-state index in [4.69, 9.17) is 4.74 Å². The predicted molar refractivity (Wildman–Crippen MR) is 112 cm³/mol. The van der Waals surface area contributed by atoms with Gasteiger partial charge in [0, 0.05) is 18.4 Å². The largest absolute Gasteiger partial charge is 0.469 e. The summed E-state index contributed by atoms with van der Waals surface area (Å²) >= 11 is 0. The average molecular weight is 398 g/mol. The molecule has 0 saturated carbocycles. The van der Waals surface area contributed by atoms with E-state index in [0.29, 0.717) is 12.8 Å². The second-order valence-corrected chi connectivity index (χ2v) is 7.13. The lowest BCUT2D eigenvalue weighted by Gasteiger charge is -2.13. The fourth-order valence-corrected chi connectivity index (χ4v) is 3.37. The van der Waals surface area contributed by atoms with Gasteiger partial charge >= 0.3 is 11.9 Å². The molecule has 0 heterocycles. The number of unbranched alkanes of at least 4 members (excludes halogenated alkanes) is 3. The highest BCUT2D eigenvalue weighted by atomic mass is 16.5. The monoisotopic (exact) mass is 398 g/mol. The van der Waals surface area contributed by atoms with Crippen molar-refractivity contribution >= 4 is 23.8 Å². The van der Waals surface area contributed by atoms with Crippen LogP contribution in [0.4, 0.5) is 0 Å². The van der Waals surface area contributed by atoms with Crippen molar-refractivity contribution in [2.24, 2.45) is 0 Å². The van der Waals surface area contributed by atoms with Gasteiger partial charge in [-0.05, 0) is 30.4 Å². The highest BCUT2D eigenvalue weighted by Gasteiger charge is 2.32. The summed E-state index contributed by atoms with van der Waals surface area (Å²) < 4.78 is 10.2. The Morgan fingerprint density at radius 3 is 2.45 bits per heavy atom. The molecule has 0 bridgehead atoms. The first-order chi connectivity index (χ1) is 14.0. The molecular weight excluding hydrogens is 368 g/mol. The van der Waals surface area contributed by atoms with E-state index in [-0.39, 0.29) is 30.6 Å². The van der Waals surface area contributed by atoms with Crippen LogP contribution in [0.15, 0.2) is 47.6 Å². The fourth-order valence-electron chi connectivity index (χ4n) is 3.37.